The summed E-state index contributed by atoms with van der Waals surface area (Å²) in [7, 11) is -0.120. The maximum Gasteiger partial charge on any atom is 0.257 e. The third-order valence-electron chi connectivity index (χ3n) is 6.21. The van der Waals surface area contributed by atoms with Crippen LogP contribution in [-0.4, -0.2) is 41.3 Å². The molecule has 0 bridgehead atoms. The summed E-state index contributed by atoms with van der Waals surface area (Å²) in [5.74, 6) is 0.555. The minimum Gasteiger partial charge on any atom is -0.508 e. The Labute approximate surface area is 179 Å². The summed E-state index contributed by atoms with van der Waals surface area (Å²) in [6.45, 7) is 11.6. The van der Waals surface area contributed by atoms with Crippen LogP contribution in [0.5, 0.6) is 11.5 Å². The Hall–Kier alpha value is -2.32. The number of rotatable bonds is 7. The topological polar surface area (TPSA) is 85.6 Å². The molecule has 0 unspecified atom stereocenters. The van der Waals surface area contributed by atoms with Gasteiger partial charge >= 0.3 is 0 Å². The second-order valence-corrected chi connectivity index (χ2v) is 14.5. The summed E-state index contributed by atoms with van der Waals surface area (Å²) >= 11 is 0. The smallest absolute Gasteiger partial charge is 0.257 e. The zero-order valence-corrected chi connectivity index (χ0v) is 19.8. The van der Waals surface area contributed by atoms with Gasteiger partial charge in [0.15, 0.2) is 14.1 Å². The molecule has 1 heterocycles. The second kappa shape index (κ2) is 8.07. The van der Waals surface area contributed by atoms with E-state index in [9.17, 15) is 9.90 Å². The Bertz CT molecular complexity index is 913. The number of nitrogens with zero attached hydrogens (tertiary/aromatic N) is 2. The van der Waals surface area contributed by atoms with E-state index in [2.05, 4.69) is 44.3 Å². The number of aromatic hydroxyl groups is 1. The van der Waals surface area contributed by atoms with Crippen molar-refractivity contribution in [2.24, 2.45) is 7.05 Å². The van der Waals surface area contributed by atoms with Gasteiger partial charge in [-0.3, -0.25) is 9.48 Å². The van der Waals surface area contributed by atoms with Gasteiger partial charge in [0.05, 0.1) is 6.61 Å². The number of ether oxygens (including phenoxy) is 1. The molecule has 3 rings (SSSR count). The fourth-order valence-electron chi connectivity index (χ4n) is 3.07. The molecule has 1 aromatic heterocycles. The van der Waals surface area contributed by atoms with Crippen LogP contribution < -0.4 is 10.1 Å². The van der Waals surface area contributed by atoms with Gasteiger partial charge in [-0.05, 0) is 49.5 Å². The molecule has 1 aromatic carbocycles. The minimum atomic E-state index is -1.90. The van der Waals surface area contributed by atoms with E-state index in [4.69, 9.17) is 9.16 Å². The number of anilines is 1. The van der Waals surface area contributed by atoms with Crippen molar-refractivity contribution in [3.05, 3.63) is 36.0 Å². The Morgan fingerprint density at radius 3 is 2.53 bits per heavy atom. The number of carbonyl (C=O) groups excluding carboxylic acids is 1. The highest BCUT2D eigenvalue weighted by atomic mass is 28.4. The summed E-state index contributed by atoms with van der Waals surface area (Å²) < 4.78 is 14.3. The Kier molecular flexibility index (Phi) is 6.02. The summed E-state index contributed by atoms with van der Waals surface area (Å²) in [4.78, 5) is 12.6. The number of hydrogen-bond acceptors (Lipinski definition) is 5. The molecule has 1 fully saturated rings. The van der Waals surface area contributed by atoms with Crippen LogP contribution >= 0.6 is 0 Å². The van der Waals surface area contributed by atoms with E-state index in [1.165, 1.54) is 6.07 Å². The number of benzene rings is 1. The summed E-state index contributed by atoms with van der Waals surface area (Å²) in [6, 6.07) is 6.33. The molecule has 7 nitrogen and oxygen atoms in total. The van der Waals surface area contributed by atoms with Crippen molar-refractivity contribution in [3.63, 3.8) is 0 Å². The summed E-state index contributed by atoms with van der Waals surface area (Å²) in [5, 5.41) is 17.2. The zero-order valence-electron chi connectivity index (χ0n) is 18.8. The number of aromatic nitrogens is 2. The lowest BCUT2D eigenvalue weighted by Gasteiger charge is -2.45. The van der Waals surface area contributed by atoms with E-state index < -0.39 is 13.9 Å². The van der Waals surface area contributed by atoms with Crippen LogP contribution in [-0.2, 0) is 11.5 Å². The van der Waals surface area contributed by atoms with Crippen molar-refractivity contribution >= 4 is 20.0 Å². The van der Waals surface area contributed by atoms with Gasteiger partial charge in [0.2, 0.25) is 0 Å². The monoisotopic (exact) mass is 431 g/mol. The summed E-state index contributed by atoms with van der Waals surface area (Å²) in [5.41, 5.74) is -0.0895. The molecule has 164 valence electrons. The predicted octanol–water partition coefficient (Wildman–Crippen LogP) is 4.70. The highest BCUT2D eigenvalue weighted by molar-refractivity contribution is 6.74. The molecule has 2 N–H and O–H groups in total. The molecule has 0 spiro atoms. The molecule has 0 radical (unpaired) electrons. The van der Waals surface area contributed by atoms with Crippen LogP contribution in [0, 0.1) is 0 Å². The SMILES string of the molecule is Cn1ccc(NC(=O)c2cc(O)cc(OC3(CO[Si](C)(C)C(C)(C)C)CCC3)c2)n1. The van der Waals surface area contributed by atoms with Crippen molar-refractivity contribution < 1.29 is 19.1 Å². The highest BCUT2D eigenvalue weighted by Gasteiger charge is 2.44. The molecule has 0 atom stereocenters. The third-order valence-corrected chi connectivity index (χ3v) is 10.7. The highest BCUT2D eigenvalue weighted by Crippen LogP contribution is 2.42. The van der Waals surface area contributed by atoms with Crippen molar-refractivity contribution in [1.82, 2.24) is 9.78 Å². The van der Waals surface area contributed by atoms with Crippen LogP contribution in [0.1, 0.15) is 50.4 Å². The van der Waals surface area contributed by atoms with Crippen LogP contribution in [0.25, 0.3) is 0 Å². The fraction of sp³-hybridized carbons (Fsp3) is 0.545. The molecule has 30 heavy (non-hydrogen) atoms. The van der Waals surface area contributed by atoms with E-state index in [1.807, 2.05) is 0 Å². The largest absolute Gasteiger partial charge is 0.508 e. The fourth-order valence-corrected chi connectivity index (χ4v) is 4.13. The lowest BCUT2D eigenvalue weighted by atomic mass is 9.80. The van der Waals surface area contributed by atoms with E-state index in [0.717, 1.165) is 19.3 Å². The number of amides is 1. The third kappa shape index (κ3) is 5.04. The second-order valence-electron chi connectivity index (χ2n) is 9.73. The van der Waals surface area contributed by atoms with Gasteiger partial charge in [0.1, 0.15) is 17.1 Å². The lowest BCUT2D eigenvalue weighted by molar-refractivity contribution is -0.0474. The average Bonchev–Trinajstić information content (AvgIpc) is 3.00. The maximum atomic E-state index is 12.6. The summed E-state index contributed by atoms with van der Waals surface area (Å²) in [6.07, 6.45) is 4.61. The number of phenolic OH excluding ortho intramolecular Hbond substituents is 1. The van der Waals surface area contributed by atoms with Crippen molar-refractivity contribution in [1.29, 1.82) is 0 Å². The van der Waals surface area contributed by atoms with Crippen LogP contribution in [0.3, 0.4) is 0 Å². The van der Waals surface area contributed by atoms with Crippen LogP contribution in [0.15, 0.2) is 30.5 Å². The maximum absolute atomic E-state index is 12.6. The van der Waals surface area contributed by atoms with E-state index >= 15 is 0 Å². The Morgan fingerprint density at radius 1 is 1.30 bits per heavy atom. The molecule has 1 amide bonds. The van der Waals surface area contributed by atoms with Crippen LogP contribution in [0.2, 0.25) is 18.1 Å². The average molecular weight is 432 g/mol. The molecule has 8 heteroatoms. The minimum absolute atomic E-state index is 0.0153. The van der Waals surface area contributed by atoms with Gasteiger partial charge in [-0.1, -0.05) is 20.8 Å². The van der Waals surface area contributed by atoms with E-state index in [-0.39, 0.29) is 16.7 Å². The zero-order chi connectivity index (χ0) is 22.2. The first-order valence-corrected chi connectivity index (χ1v) is 13.3. The number of phenols is 1. The predicted molar refractivity (Wildman–Crippen MR) is 120 cm³/mol. The normalized spacial score (nSPS) is 16.1. The molecular formula is C22H33N3O4Si. The van der Waals surface area contributed by atoms with Gasteiger partial charge in [-0.25, -0.2) is 0 Å². The quantitative estimate of drug-likeness (QED) is 0.621. The van der Waals surface area contributed by atoms with Gasteiger partial charge in [0.25, 0.3) is 5.91 Å². The van der Waals surface area contributed by atoms with Crippen molar-refractivity contribution in [3.8, 4) is 11.5 Å². The standard InChI is InChI=1S/C22H33N3O4Si/c1-21(2,3)30(5,6)28-15-22(9-7-10-22)29-18-13-16(12-17(26)14-18)20(27)23-19-8-11-25(4)24-19/h8,11-14,26H,7,9-10,15H2,1-6H3,(H,23,24,27). The number of carbonyl (C=O) groups is 1. The van der Waals surface area contributed by atoms with Gasteiger partial charge in [0, 0.05) is 30.9 Å². The van der Waals surface area contributed by atoms with Gasteiger partial charge in [-0.2, -0.15) is 5.10 Å². The molecule has 1 aliphatic carbocycles. The Balaban J connectivity index is 1.73. The Morgan fingerprint density at radius 2 is 2.00 bits per heavy atom. The lowest BCUT2D eigenvalue weighted by Crippen LogP contribution is -2.52. The molecule has 2 aromatic rings. The molecule has 0 saturated heterocycles. The first kappa shape index (κ1) is 22.4. The molecular weight excluding hydrogens is 398 g/mol. The van der Waals surface area contributed by atoms with Crippen molar-refractivity contribution in [2.45, 2.75) is 63.8 Å². The van der Waals surface area contributed by atoms with E-state index in [1.54, 1.807) is 36.1 Å². The molecule has 1 saturated carbocycles. The van der Waals surface area contributed by atoms with Gasteiger partial charge < -0.3 is 19.6 Å². The first-order chi connectivity index (χ1) is 13.9. The van der Waals surface area contributed by atoms with E-state index in [0.29, 0.717) is 23.7 Å². The van der Waals surface area contributed by atoms with Crippen molar-refractivity contribution in [2.75, 3.05) is 11.9 Å². The molecule has 0 aliphatic heterocycles. The van der Waals surface area contributed by atoms with Crippen LogP contribution in [0.4, 0.5) is 5.82 Å². The number of aryl methyl sites for hydroxylation is 1. The molecule has 1 aliphatic rings. The number of hydrogen-bond donors (Lipinski definition) is 2. The number of nitrogens with one attached hydrogen (secondary N) is 1. The van der Waals surface area contributed by atoms with Gasteiger partial charge in [-0.15, -0.1) is 0 Å². The first-order valence-electron chi connectivity index (χ1n) is 10.4.